The summed E-state index contributed by atoms with van der Waals surface area (Å²) in [6, 6.07) is 0. The van der Waals surface area contributed by atoms with Gasteiger partial charge in [0.05, 0.1) is 23.6 Å². The van der Waals surface area contributed by atoms with Crippen LogP contribution in [0.25, 0.3) is 0 Å². The Kier molecular flexibility index (Phi) is 18.5. The van der Waals surface area contributed by atoms with Crippen molar-refractivity contribution in [2.24, 2.45) is 22.1 Å². The number of rotatable bonds is 21. The molecule has 0 N–H and O–H groups in total. The summed E-state index contributed by atoms with van der Waals surface area (Å²) in [6.07, 6.45) is 15.4. The fourth-order valence-corrected chi connectivity index (χ4v) is 5.59. The van der Waals surface area contributed by atoms with Crippen LogP contribution in [0.2, 0.25) is 19.6 Å². The van der Waals surface area contributed by atoms with Gasteiger partial charge in [-0.15, -0.1) is 0 Å². The molecule has 0 fully saturated rings. The first-order chi connectivity index (χ1) is 21.3. The SMILES string of the molecule is CCCCC/C=C\CC(/C=C/C(/C=N/OC)C(CCCC(=O)OCc1c(F)c(F)c(F)c(F)c1F)/C(C)=N/OC)O[Si](C)(C)C. The van der Waals surface area contributed by atoms with Crippen LogP contribution < -0.4 is 0 Å². The molecule has 0 aliphatic rings. The van der Waals surface area contributed by atoms with Gasteiger partial charge in [0.1, 0.15) is 20.8 Å². The number of carbonyl (C=O) groups is 1. The molecule has 0 heterocycles. The lowest BCUT2D eigenvalue weighted by Crippen LogP contribution is -2.31. The monoisotopic (exact) mass is 662 g/mol. The molecule has 0 saturated heterocycles. The largest absolute Gasteiger partial charge is 0.461 e. The van der Waals surface area contributed by atoms with E-state index in [1.165, 1.54) is 20.6 Å². The van der Waals surface area contributed by atoms with E-state index < -0.39 is 55.5 Å². The number of oxime groups is 2. The second-order valence-electron chi connectivity index (χ2n) is 11.5. The molecule has 3 atom stereocenters. The summed E-state index contributed by atoms with van der Waals surface area (Å²) in [7, 11) is 0.944. The van der Waals surface area contributed by atoms with Crippen molar-refractivity contribution in [2.45, 2.75) is 97.6 Å². The van der Waals surface area contributed by atoms with Crippen molar-refractivity contribution >= 4 is 26.2 Å². The summed E-state index contributed by atoms with van der Waals surface area (Å²) in [5.41, 5.74) is -0.601. The van der Waals surface area contributed by atoms with Crippen molar-refractivity contribution in [3.05, 3.63) is 59.0 Å². The van der Waals surface area contributed by atoms with Crippen molar-refractivity contribution < 1.29 is 45.6 Å². The summed E-state index contributed by atoms with van der Waals surface area (Å²) in [4.78, 5) is 22.3. The minimum atomic E-state index is -2.28. The van der Waals surface area contributed by atoms with Gasteiger partial charge in [-0.2, -0.15) is 0 Å². The molecule has 0 aliphatic carbocycles. The molecular formula is C32H47F5N2O5Si. The molecule has 13 heteroatoms. The first-order valence-electron chi connectivity index (χ1n) is 15.1. The molecule has 3 unspecified atom stereocenters. The third-order valence-corrected chi connectivity index (χ3v) is 7.72. The maximum absolute atomic E-state index is 13.9. The van der Waals surface area contributed by atoms with E-state index in [0.717, 1.165) is 19.3 Å². The number of nitrogens with zero attached hydrogens (tertiary/aromatic N) is 2. The zero-order chi connectivity index (χ0) is 34.0. The Labute approximate surface area is 264 Å². The standard InChI is InChI=1S/C32H47F5N2O5Si/c1-8-9-10-11-12-13-15-24(44-45(5,6)7)19-18-23(20-38-41-3)25(22(2)39-42-4)16-14-17-27(40)43-21-26-28(33)30(35)32(37)31(36)29(26)34/h12-13,18-20,23-25H,8-11,14-17,21H2,1-7H3/b13-12-,19-18+,38-20+,39-22+. The minimum Gasteiger partial charge on any atom is -0.461 e. The van der Waals surface area contributed by atoms with Crippen LogP contribution >= 0.6 is 0 Å². The van der Waals surface area contributed by atoms with Crippen LogP contribution in [0.15, 0.2) is 34.6 Å². The molecule has 0 bridgehead atoms. The van der Waals surface area contributed by atoms with Gasteiger partial charge in [0, 0.05) is 18.3 Å². The summed E-state index contributed by atoms with van der Waals surface area (Å²) in [5.74, 6) is -12.1. The third-order valence-electron chi connectivity index (χ3n) is 6.71. The lowest BCUT2D eigenvalue weighted by Gasteiger charge is -2.25. The minimum absolute atomic E-state index is 0.172. The lowest BCUT2D eigenvalue weighted by molar-refractivity contribution is -0.145. The number of esters is 1. The fourth-order valence-electron chi connectivity index (χ4n) is 4.51. The molecular weight excluding hydrogens is 615 g/mol. The number of halogens is 5. The van der Waals surface area contributed by atoms with Gasteiger partial charge in [0.2, 0.25) is 5.82 Å². The molecule has 0 amide bonds. The Balaban J connectivity index is 3.06. The normalized spacial score (nSPS) is 14.8. The Morgan fingerprint density at radius 1 is 0.889 bits per heavy atom. The molecule has 254 valence electrons. The highest BCUT2D eigenvalue weighted by molar-refractivity contribution is 6.69. The number of hydrogen-bond donors (Lipinski definition) is 0. The van der Waals surface area contributed by atoms with E-state index >= 15 is 0 Å². The van der Waals surface area contributed by atoms with Gasteiger partial charge < -0.3 is 18.8 Å². The summed E-state index contributed by atoms with van der Waals surface area (Å²) in [6.45, 7) is 9.19. The number of hydrogen-bond acceptors (Lipinski definition) is 7. The van der Waals surface area contributed by atoms with Crippen LogP contribution in [-0.4, -0.2) is 46.5 Å². The lowest BCUT2D eigenvalue weighted by atomic mass is 9.84. The number of carbonyl (C=O) groups excluding carboxylic acids is 1. The van der Waals surface area contributed by atoms with Crippen LogP contribution in [0.5, 0.6) is 0 Å². The molecule has 0 saturated carbocycles. The van der Waals surface area contributed by atoms with Crippen molar-refractivity contribution in [3.8, 4) is 0 Å². The average molecular weight is 663 g/mol. The quantitative estimate of drug-likeness (QED) is 0.0151. The second-order valence-corrected chi connectivity index (χ2v) is 16.0. The van der Waals surface area contributed by atoms with E-state index in [1.807, 2.05) is 12.2 Å². The first-order valence-corrected chi connectivity index (χ1v) is 18.5. The first kappa shape index (κ1) is 40.0. The Morgan fingerprint density at radius 2 is 1.53 bits per heavy atom. The molecule has 7 nitrogen and oxygen atoms in total. The second kappa shape index (κ2) is 20.9. The maximum Gasteiger partial charge on any atom is 0.306 e. The van der Waals surface area contributed by atoms with E-state index in [1.54, 1.807) is 13.1 Å². The fraction of sp³-hybridized carbons (Fsp3) is 0.594. The van der Waals surface area contributed by atoms with Gasteiger partial charge in [-0.1, -0.05) is 54.4 Å². The van der Waals surface area contributed by atoms with Crippen LogP contribution in [0, 0.1) is 40.9 Å². The van der Waals surface area contributed by atoms with Gasteiger partial charge in [0.15, 0.2) is 31.6 Å². The van der Waals surface area contributed by atoms with Crippen LogP contribution in [-0.2, 0) is 30.2 Å². The van der Waals surface area contributed by atoms with Gasteiger partial charge in [-0.25, -0.2) is 22.0 Å². The van der Waals surface area contributed by atoms with Gasteiger partial charge in [-0.3, -0.25) is 4.79 Å². The Morgan fingerprint density at radius 3 is 2.11 bits per heavy atom. The highest BCUT2D eigenvalue weighted by Gasteiger charge is 2.27. The van der Waals surface area contributed by atoms with Gasteiger partial charge >= 0.3 is 5.97 Å². The number of unbranched alkanes of at least 4 members (excludes halogenated alkanes) is 3. The predicted octanol–water partition coefficient (Wildman–Crippen LogP) is 8.79. The summed E-state index contributed by atoms with van der Waals surface area (Å²) >= 11 is 0. The Bertz CT molecular complexity index is 1160. The van der Waals surface area contributed by atoms with Crippen molar-refractivity contribution in [2.75, 3.05) is 14.2 Å². The highest BCUT2D eigenvalue weighted by atomic mass is 28.4. The van der Waals surface area contributed by atoms with Crippen LogP contribution in [0.4, 0.5) is 22.0 Å². The van der Waals surface area contributed by atoms with E-state index in [0.29, 0.717) is 18.6 Å². The molecule has 0 aliphatic heterocycles. The smallest absolute Gasteiger partial charge is 0.306 e. The molecule has 1 aromatic rings. The van der Waals surface area contributed by atoms with E-state index in [-0.39, 0.29) is 30.8 Å². The number of ether oxygens (including phenoxy) is 1. The predicted molar refractivity (Wildman–Crippen MR) is 168 cm³/mol. The zero-order valence-corrected chi connectivity index (χ0v) is 28.3. The number of allylic oxidation sites excluding steroid dienone is 2. The van der Waals surface area contributed by atoms with Gasteiger partial charge in [0.25, 0.3) is 0 Å². The maximum atomic E-state index is 13.9. The summed E-state index contributed by atoms with van der Waals surface area (Å²) in [5, 5.41) is 8.05. The Hall–Kier alpha value is -3.06. The van der Waals surface area contributed by atoms with Gasteiger partial charge in [-0.05, 0) is 58.7 Å². The van der Waals surface area contributed by atoms with Crippen LogP contribution in [0.3, 0.4) is 0 Å². The number of benzene rings is 1. The van der Waals surface area contributed by atoms with E-state index in [4.69, 9.17) is 18.8 Å². The van der Waals surface area contributed by atoms with Crippen molar-refractivity contribution in [1.82, 2.24) is 0 Å². The topological polar surface area (TPSA) is 78.7 Å². The van der Waals surface area contributed by atoms with Crippen molar-refractivity contribution in [1.29, 1.82) is 0 Å². The molecule has 1 aromatic carbocycles. The summed E-state index contributed by atoms with van der Waals surface area (Å²) < 4.78 is 79.4. The van der Waals surface area contributed by atoms with Crippen LogP contribution in [0.1, 0.15) is 70.8 Å². The van der Waals surface area contributed by atoms with Crippen molar-refractivity contribution in [3.63, 3.8) is 0 Å². The molecule has 45 heavy (non-hydrogen) atoms. The highest BCUT2D eigenvalue weighted by Crippen LogP contribution is 2.25. The molecule has 0 spiro atoms. The average Bonchev–Trinajstić information content (AvgIpc) is 2.98. The zero-order valence-electron chi connectivity index (χ0n) is 27.3. The molecule has 1 rings (SSSR count). The molecule has 0 radical (unpaired) electrons. The molecule has 0 aromatic heterocycles. The van der Waals surface area contributed by atoms with E-state index in [2.05, 4.69) is 49.0 Å². The van der Waals surface area contributed by atoms with E-state index in [9.17, 15) is 26.7 Å². The third kappa shape index (κ3) is 14.7.